The van der Waals surface area contributed by atoms with Crippen molar-refractivity contribution in [1.82, 2.24) is 14.7 Å². The standard InChI is InChI=1S/C20H23Cl2N3O2S/c21-15-3-1-14(2-4-15)11-23-7-9-24(10-8-23)16-12-25(13-17(16)26)20(27)18-5-6-19(22)28-18/h1-6,16-17,26H,7-13H2/t16-,17-/m0/s1. The lowest BCUT2D eigenvalue weighted by Crippen LogP contribution is -2.53. The second kappa shape index (κ2) is 8.69. The maximum Gasteiger partial charge on any atom is 0.264 e. The van der Waals surface area contributed by atoms with Crippen molar-refractivity contribution in [2.45, 2.75) is 18.7 Å². The lowest BCUT2D eigenvalue weighted by Gasteiger charge is -2.38. The summed E-state index contributed by atoms with van der Waals surface area (Å²) in [5, 5.41) is 11.3. The van der Waals surface area contributed by atoms with E-state index in [9.17, 15) is 9.90 Å². The van der Waals surface area contributed by atoms with E-state index in [2.05, 4.69) is 21.9 Å². The summed E-state index contributed by atoms with van der Waals surface area (Å²) in [6.07, 6.45) is -0.512. The molecule has 2 atom stereocenters. The van der Waals surface area contributed by atoms with E-state index >= 15 is 0 Å². The van der Waals surface area contributed by atoms with Gasteiger partial charge in [-0.05, 0) is 29.8 Å². The number of thiophene rings is 1. The van der Waals surface area contributed by atoms with Gasteiger partial charge in [0.15, 0.2) is 0 Å². The van der Waals surface area contributed by atoms with E-state index in [4.69, 9.17) is 23.2 Å². The van der Waals surface area contributed by atoms with E-state index in [-0.39, 0.29) is 11.9 Å². The van der Waals surface area contributed by atoms with Crippen LogP contribution in [-0.4, -0.2) is 77.1 Å². The Morgan fingerprint density at radius 1 is 1.04 bits per heavy atom. The number of benzene rings is 1. The van der Waals surface area contributed by atoms with Crippen LogP contribution in [0.3, 0.4) is 0 Å². The van der Waals surface area contributed by atoms with Crippen LogP contribution in [0, 0.1) is 0 Å². The number of β-amino-alcohol motifs (C(OH)–C–C–N with tert-alkyl or cyclic N) is 1. The lowest BCUT2D eigenvalue weighted by molar-refractivity contribution is 0.0423. The average molecular weight is 440 g/mol. The van der Waals surface area contributed by atoms with Gasteiger partial charge < -0.3 is 10.0 Å². The number of nitrogens with zero attached hydrogens (tertiary/aromatic N) is 3. The van der Waals surface area contributed by atoms with E-state index in [1.807, 2.05) is 12.1 Å². The van der Waals surface area contributed by atoms with Gasteiger partial charge in [-0.3, -0.25) is 14.6 Å². The molecule has 0 radical (unpaired) electrons. The average Bonchev–Trinajstić information content (AvgIpc) is 3.30. The number of hydrogen-bond acceptors (Lipinski definition) is 5. The van der Waals surface area contributed by atoms with Gasteiger partial charge in [-0.15, -0.1) is 11.3 Å². The van der Waals surface area contributed by atoms with Crippen molar-refractivity contribution in [3.8, 4) is 0 Å². The fourth-order valence-corrected chi connectivity index (χ4v) is 5.12. The molecule has 28 heavy (non-hydrogen) atoms. The highest BCUT2D eigenvalue weighted by Gasteiger charge is 2.39. The fourth-order valence-electron chi connectivity index (χ4n) is 3.98. The molecule has 2 aliphatic rings. The zero-order chi connectivity index (χ0) is 19.7. The molecule has 5 nitrogen and oxygen atoms in total. The Bertz CT molecular complexity index is 821. The van der Waals surface area contributed by atoms with Crippen molar-refractivity contribution in [3.05, 3.63) is 56.2 Å². The van der Waals surface area contributed by atoms with E-state index in [0.29, 0.717) is 22.3 Å². The summed E-state index contributed by atoms with van der Waals surface area (Å²) in [5.74, 6) is -0.0418. The molecule has 0 bridgehead atoms. The Labute approximate surface area is 179 Å². The van der Waals surface area contributed by atoms with Gasteiger partial charge in [-0.1, -0.05) is 35.3 Å². The molecule has 0 saturated carbocycles. The molecule has 2 saturated heterocycles. The molecule has 1 amide bonds. The number of amides is 1. The smallest absolute Gasteiger partial charge is 0.264 e. The number of carbonyl (C=O) groups excluding carboxylic acids is 1. The van der Waals surface area contributed by atoms with Crippen molar-refractivity contribution in [1.29, 1.82) is 0 Å². The number of likely N-dealkylation sites (tertiary alicyclic amines) is 1. The molecular weight excluding hydrogens is 417 g/mol. The van der Waals surface area contributed by atoms with Crippen LogP contribution in [0.25, 0.3) is 0 Å². The Morgan fingerprint density at radius 2 is 1.75 bits per heavy atom. The molecule has 8 heteroatoms. The van der Waals surface area contributed by atoms with Crippen molar-refractivity contribution < 1.29 is 9.90 Å². The fraction of sp³-hybridized carbons (Fsp3) is 0.450. The molecule has 1 aromatic carbocycles. The number of aliphatic hydroxyl groups is 1. The van der Waals surface area contributed by atoms with Crippen LogP contribution in [0.1, 0.15) is 15.2 Å². The minimum Gasteiger partial charge on any atom is -0.390 e. The van der Waals surface area contributed by atoms with E-state index in [0.717, 1.165) is 37.7 Å². The molecule has 0 unspecified atom stereocenters. The highest BCUT2D eigenvalue weighted by atomic mass is 35.5. The second-order valence-electron chi connectivity index (χ2n) is 7.39. The minimum atomic E-state index is -0.512. The highest BCUT2D eigenvalue weighted by Crippen LogP contribution is 2.26. The summed E-state index contributed by atoms with van der Waals surface area (Å²) in [6, 6.07) is 11.5. The summed E-state index contributed by atoms with van der Waals surface area (Å²) in [4.78, 5) is 19.8. The predicted molar refractivity (Wildman–Crippen MR) is 113 cm³/mol. The molecule has 0 spiro atoms. The quantitative estimate of drug-likeness (QED) is 0.794. The summed E-state index contributed by atoms with van der Waals surface area (Å²) in [6.45, 7) is 5.52. The first-order chi connectivity index (χ1) is 13.5. The molecular formula is C20H23Cl2N3O2S. The van der Waals surface area contributed by atoms with Crippen LogP contribution in [0.5, 0.6) is 0 Å². The molecule has 0 aliphatic carbocycles. The zero-order valence-electron chi connectivity index (χ0n) is 15.4. The first-order valence-corrected chi connectivity index (χ1v) is 11.0. The zero-order valence-corrected chi connectivity index (χ0v) is 17.8. The third kappa shape index (κ3) is 4.53. The van der Waals surface area contributed by atoms with Gasteiger partial charge in [-0.2, -0.15) is 0 Å². The van der Waals surface area contributed by atoms with Gasteiger partial charge >= 0.3 is 0 Å². The van der Waals surface area contributed by atoms with Crippen LogP contribution in [0.2, 0.25) is 9.36 Å². The number of rotatable bonds is 4. The molecule has 2 aromatic rings. The molecule has 2 aliphatic heterocycles. The monoisotopic (exact) mass is 439 g/mol. The second-order valence-corrected chi connectivity index (χ2v) is 9.54. The van der Waals surface area contributed by atoms with Crippen LogP contribution in [0.15, 0.2) is 36.4 Å². The van der Waals surface area contributed by atoms with Crippen molar-refractivity contribution in [2.75, 3.05) is 39.3 Å². The number of carbonyl (C=O) groups is 1. The Hall–Kier alpha value is -1.15. The van der Waals surface area contributed by atoms with Crippen LogP contribution in [0.4, 0.5) is 0 Å². The normalized spacial score (nSPS) is 24.0. The van der Waals surface area contributed by atoms with E-state index < -0.39 is 6.10 Å². The summed E-state index contributed by atoms with van der Waals surface area (Å²) >= 11 is 13.2. The molecule has 2 fully saturated rings. The largest absolute Gasteiger partial charge is 0.390 e. The molecule has 1 N–H and O–H groups in total. The maximum atomic E-state index is 12.6. The first-order valence-electron chi connectivity index (χ1n) is 9.43. The van der Waals surface area contributed by atoms with Crippen molar-refractivity contribution in [3.63, 3.8) is 0 Å². The van der Waals surface area contributed by atoms with Gasteiger partial charge in [0.2, 0.25) is 0 Å². The first kappa shape index (κ1) is 20.1. The van der Waals surface area contributed by atoms with Crippen molar-refractivity contribution >= 4 is 40.4 Å². The maximum absolute atomic E-state index is 12.6. The van der Waals surface area contributed by atoms with Crippen LogP contribution < -0.4 is 0 Å². The van der Waals surface area contributed by atoms with Gasteiger partial charge in [0.05, 0.1) is 21.4 Å². The summed E-state index contributed by atoms with van der Waals surface area (Å²) in [5.41, 5.74) is 1.25. The summed E-state index contributed by atoms with van der Waals surface area (Å²) < 4.78 is 0.608. The van der Waals surface area contributed by atoms with Gasteiger partial charge in [0.25, 0.3) is 5.91 Å². The summed E-state index contributed by atoms with van der Waals surface area (Å²) in [7, 11) is 0. The highest BCUT2D eigenvalue weighted by molar-refractivity contribution is 7.17. The Kier molecular flexibility index (Phi) is 6.25. The topological polar surface area (TPSA) is 47.0 Å². The number of piperazine rings is 1. The SMILES string of the molecule is O=C(c1ccc(Cl)s1)N1C[C@H](O)[C@@H](N2CCN(Cc3ccc(Cl)cc3)CC2)C1. The number of aliphatic hydroxyl groups excluding tert-OH is 1. The Morgan fingerprint density at radius 3 is 2.39 bits per heavy atom. The Balaban J connectivity index is 1.30. The minimum absolute atomic E-state index is 0.00272. The molecule has 150 valence electrons. The van der Waals surface area contributed by atoms with Gasteiger partial charge in [0.1, 0.15) is 0 Å². The predicted octanol–water partition coefficient (Wildman–Crippen LogP) is 3.06. The lowest BCUT2D eigenvalue weighted by atomic mass is 10.1. The van der Waals surface area contributed by atoms with E-state index in [1.54, 1.807) is 17.0 Å². The van der Waals surface area contributed by atoms with Crippen molar-refractivity contribution in [2.24, 2.45) is 0 Å². The van der Waals surface area contributed by atoms with Gasteiger partial charge in [-0.25, -0.2) is 0 Å². The number of halogens is 2. The van der Waals surface area contributed by atoms with Crippen LogP contribution >= 0.6 is 34.5 Å². The van der Waals surface area contributed by atoms with Gasteiger partial charge in [0, 0.05) is 50.8 Å². The third-order valence-electron chi connectivity index (χ3n) is 5.53. The number of hydrogen-bond donors (Lipinski definition) is 1. The van der Waals surface area contributed by atoms with E-state index in [1.165, 1.54) is 16.9 Å². The molecule has 3 heterocycles. The van der Waals surface area contributed by atoms with Crippen LogP contribution in [-0.2, 0) is 6.54 Å². The molecule has 4 rings (SSSR count). The third-order valence-corrected chi connectivity index (χ3v) is 7.00. The molecule has 1 aromatic heterocycles.